The van der Waals surface area contributed by atoms with E-state index in [4.69, 9.17) is 0 Å². The number of carbonyl (C=O) groups excluding carboxylic acids is 1. The first-order valence-electron chi connectivity index (χ1n) is 6.18. The van der Waals surface area contributed by atoms with E-state index < -0.39 is 6.10 Å². The van der Waals surface area contributed by atoms with Crippen molar-refractivity contribution in [3.63, 3.8) is 0 Å². The number of nitrogens with one attached hydrogen (secondary N) is 1. The van der Waals surface area contributed by atoms with Gasteiger partial charge in [0.05, 0.1) is 12.6 Å². The number of aliphatic hydroxyl groups is 1. The monoisotopic (exact) mass is 251 g/mol. The second-order valence-electron chi connectivity index (χ2n) is 4.19. The van der Waals surface area contributed by atoms with E-state index in [1.807, 2.05) is 17.9 Å². The van der Waals surface area contributed by atoms with Crippen molar-refractivity contribution >= 4 is 11.7 Å². The molecule has 0 aliphatic heterocycles. The zero-order valence-electron chi connectivity index (χ0n) is 11.2. The van der Waals surface area contributed by atoms with Crippen molar-refractivity contribution in [1.29, 1.82) is 0 Å². The maximum atomic E-state index is 11.5. The summed E-state index contributed by atoms with van der Waals surface area (Å²) in [5, 5.41) is 12.3. The van der Waals surface area contributed by atoms with Gasteiger partial charge >= 0.3 is 0 Å². The molecule has 18 heavy (non-hydrogen) atoms. The van der Waals surface area contributed by atoms with E-state index in [1.165, 1.54) is 0 Å². The largest absolute Gasteiger partial charge is 0.389 e. The minimum Gasteiger partial charge on any atom is -0.389 e. The van der Waals surface area contributed by atoms with Crippen molar-refractivity contribution in [2.75, 3.05) is 25.0 Å². The Hall–Kier alpha value is -1.62. The molecule has 1 atom stereocenters. The minimum atomic E-state index is -0.599. The Morgan fingerprint density at radius 1 is 1.61 bits per heavy atom. The van der Waals surface area contributed by atoms with E-state index in [-0.39, 0.29) is 12.5 Å². The number of likely N-dealkylation sites (N-methyl/N-ethyl adjacent to an activating group) is 1. The molecule has 1 aromatic heterocycles. The van der Waals surface area contributed by atoms with Gasteiger partial charge in [-0.1, -0.05) is 13.0 Å². The Labute approximate surface area is 108 Å². The molecule has 0 unspecified atom stereocenters. The van der Waals surface area contributed by atoms with Crippen molar-refractivity contribution in [2.45, 2.75) is 26.4 Å². The van der Waals surface area contributed by atoms with Crippen molar-refractivity contribution < 1.29 is 9.90 Å². The highest BCUT2D eigenvalue weighted by atomic mass is 16.3. The first-order valence-corrected chi connectivity index (χ1v) is 6.18. The molecule has 0 saturated heterocycles. The molecule has 1 aromatic rings. The van der Waals surface area contributed by atoms with Crippen molar-refractivity contribution in [2.24, 2.45) is 0 Å². The normalized spacial score (nSPS) is 12.0. The average Bonchev–Trinajstić information content (AvgIpc) is 2.38. The van der Waals surface area contributed by atoms with Gasteiger partial charge in [-0.05, 0) is 19.4 Å². The van der Waals surface area contributed by atoms with Gasteiger partial charge in [0.2, 0.25) is 5.91 Å². The van der Waals surface area contributed by atoms with Gasteiger partial charge < -0.3 is 15.3 Å². The smallest absolute Gasteiger partial charge is 0.239 e. The maximum Gasteiger partial charge on any atom is 0.239 e. The van der Waals surface area contributed by atoms with E-state index >= 15 is 0 Å². The average molecular weight is 251 g/mol. The van der Waals surface area contributed by atoms with Crippen LogP contribution in [0.25, 0.3) is 0 Å². The lowest BCUT2D eigenvalue weighted by molar-refractivity contribution is -0.119. The molecule has 1 amide bonds. The molecule has 2 N–H and O–H groups in total. The molecule has 0 aliphatic rings. The molecular formula is C13H21N3O2. The summed E-state index contributed by atoms with van der Waals surface area (Å²) in [5.41, 5.74) is 0.745. The van der Waals surface area contributed by atoms with Crippen LogP contribution in [0.3, 0.4) is 0 Å². The predicted octanol–water partition coefficient (Wildman–Crippen LogP) is 1.10. The maximum absolute atomic E-state index is 11.5. The first kappa shape index (κ1) is 14.4. The number of carbonyl (C=O) groups is 1. The molecule has 5 heteroatoms. The summed E-state index contributed by atoms with van der Waals surface area (Å²) in [7, 11) is 1.61. The number of aliphatic hydroxyl groups excluding tert-OH is 1. The van der Waals surface area contributed by atoms with Crippen LogP contribution in [0.4, 0.5) is 5.82 Å². The van der Waals surface area contributed by atoms with Gasteiger partial charge in [0, 0.05) is 25.4 Å². The molecule has 1 heterocycles. The number of hydrogen-bond acceptors (Lipinski definition) is 4. The van der Waals surface area contributed by atoms with Gasteiger partial charge in [-0.2, -0.15) is 0 Å². The number of rotatable bonds is 6. The fraction of sp³-hybridized carbons (Fsp3) is 0.538. The molecule has 1 rings (SSSR count). The molecule has 100 valence electrons. The van der Waals surface area contributed by atoms with Crippen molar-refractivity contribution in [3.05, 3.63) is 23.9 Å². The van der Waals surface area contributed by atoms with Crippen molar-refractivity contribution in [1.82, 2.24) is 10.3 Å². The number of amides is 1. The lowest BCUT2D eigenvalue weighted by Crippen LogP contribution is -2.37. The summed E-state index contributed by atoms with van der Waals surface area (Å²) >= 11 is 0. The fourth-order valence-electron chi connectivity index (χ4n) is 1.78. The first-order chi connectivity index (χ1) is 8.60. The third kappa shape index (κ3) is 3.70. The van der Waals surface area contributed by atoms with Gasteiger partial charge in [0.25, 0.3) is 0 Å². The van der Waals surface area contributed by atoms with E-state index in [0.717, 1.165) is 18.5 Å². The topological polar surface area (TPSA) is 65.5 Å². The number of aromatic nitrogens is 1. The molecular weight excluding hydrogens is 230 g/mol. The van der Waals surface area contributed by atoms with Crippen LogP contribution in [0.5, 0.6) is 0 Å². The molecule has 0 fully saturated rings. The summed E-state index contributed by atoms with van der Waals surface area (Å²) < 4.78 is 0. The van der Waals surface area contributed by atoms with E-state index in [9.17, 15) is 9.90 Å². The molecule has 0 aliphatic carbocycles. The molecule has 0 spiro atoms. The Balaban J connectivity index is 3.01. The summed E-state index contributed by atoms with van der Waals surface area (Å²) in [5.74, 6) is 0.614. The highest BCUT2D eigenvalue weighted by molar-refractivity contribution is 5.81. The predicted molar refractivity (Wildman–Crippen MR) is 71.4 cm³/mol. The SMILES string of the molecule is CCCN(CC(=O)NC)c1ncccc1[C@@H](C)O. The van der Waals surface area contributed by atoms with Gasteiger partial charge in [-0.25, -0.2) is 4.98 Å². The second-order valence-corrected chi connectivity index (χ2v) is 4.19. The summed E-state index contributed by atoms with van der Waals surface area (Å²) in [6, 6.07) is 3.62. The van der Waals surface area contributed by atoms with Crippen LogP contribution >= 0.6 is 0 Å². The Bertz CT molecular complexity index is 394. The van der Waals surface area contributed by atoms with Crippen LogP contribution in [0, 0.1) is 0 Å². The lowest BCUT2D eigenvalue weighted by atomic mass is 10.1. The van der Waals surface area contributed by atoms with Gasteiger partial charge in [0.15, 0.2) is 0 Å². The van der Waals surface area contributed by atoms with Gasteiger partial charge in [0.1, 0.15) is 5.82 Å². The van der Waals surface area contributed by atoms with Crippen LogP contribution in [-0.2, 0) is 4.79 Å². The number of hydrogen-bond donors (Lipinski definition) is 2. The van der Waals surface area contributed by atoms with E-state index in [2.05, 4.69) is 10.3 Å². The summed E-state index contributed by atoms with van der Waals surface area (Å²) in [6.07, 6.45) is 1.98. The molecule has 0 aromatic carbocycles. The van der Waals surface area contributed by atoms with Crippen LogP contribution in [-0.4, -0.2) is 36.1 Å². The second kappa shape index (κ2) is 6.96. The standard InChI is InChI=1S/C13H21N3O2/c1-4-8-16(9-12(18)14-3)13-11(10(2)17)6-5-7-15-13/h5-7,10,17H,4,8-9H2,1-3H3,(H,14,18)/t10-/m1/s1. The summed E-state index contributed by atoms with van der Waals surface area (Å²) in [6.45, 7) is 4.72. The quantitative estimate of drug-likeness (QED) is 0.794. The Morgan fingerprint density at radius 2 is 2.33 bits per heavy atom. The zero-order chi connectivity index (χ0) is 13.5. The van der Waals surface area contributed by atoms with Gasteiger partial charge in [-0.3, -0.25) is 4.79 Å². The summed E-state index contributed by atoms with van der Waals surface area (Å²) in [4.78, 5) is 17.7. The van der Waals surface area contributed by atoms with Crippen molar-refractivity contribution in [3.8, 4) is 0 Å². The number of anilines is 1. The van der Waals surface area contributed by atoms with Crippen LogP contribution < -0.4 is 10.2 Å². The van der Waals surface area contributed by atoms with Crippen LogP contribution in [0.2, 0.25) is 0 Å². The van der Waals surface area contributed by atoms with E-state index in [0.29, 0.717) is 5.82 Å². The zero-order valence-corrected chi connectivity index (χ0v) is 11.2. The Kier molecular flexibility index (Phi) is 5.58. The molecule has 0 bridgehead atoms. The fourth-order valence-corrected chi connectivity index (χ4v) is 1.78. The highest BCUT2D eigenvalue weighted by Gasteiger charge is 2.17. The van der Waals surface area contributed by atoms with Crippen LogP contribution in [0.15, 0.2) is 18.3 Å². The lowest BCUT2D eigenvalue weighted by Gasteiger charge is -2.25. The number of pyridine rings is 1. The minimum absolute atomic E-state index is 0.0642. The highest BCUT2D eigenvalue weighted by Crippen LogP contribution is 2.23. The van der Waals surface area contributed by atoms with Gasteiger partial charge in [-0.15, -0.1) is 0 Å². The third-order valence-electron chi connectivity index (χ3n) is 2.67. The molecule has 0 radical (unpaired) electrons. The molecule has 5 nitrogen and oxygen atoms in total. The van der Waals surface area contributed by atoms with Crippen LogP contribution in [0.1, 0.15) is 31.9 Å². The number of nitrogens with zero attached hydrogens (tertiary/aromatic N) is 2. The Morgan fingerprint density at radius 3 is 2.89 bits per heavy atom. The van der Waals surface area contributed by atoms with E-state index in [1.54, 1.807) is 26.2 Å². The molecule has 0 saturated carbocycles. The third-order valence-corrected chi connectivity index (χ3v) is 2.67.